The normalized spacial score (nSPS) is 10.0. The molecule has 0 unspecified atom stereocenters. The third-order valence-corrected chi connectivity index (χ3v) is 2.33. The zero-order valence-electron chi connectivity index (χ0n) is 9.86. The first kappa shape index (κ1) is 12.9. The van der Waals surface area contributed by atoms with Crippen LogP contribution in [0.15, 0.2) is 42.6 Å². The molecule has 1 aromatic heterocycles. The number of urea groups is 1. The third kappa shape index (κ3) is 3.74. The minimum Gasteiger partial charge on any atom is -0.332 e. The van der Waals surface area contributed by atoms with E-state index >= 15 is 0 Å². The monoisotopic (exact) mass is 263 g/mol. The first-order chi connectivity index (χ1) is 9.15. The molecule has 2 aromatic rings. The van der Waals surface area contributed by atoms with Gasteiger partial charge in [0.1, 0.15) is 0 Å². The molecule has 0 spiro atoms. The Hall–Kier alpha value is -2.50. The van der Waals surface area contributed by atoms with E-state index in [2.05, 4.69) is 15.6 Å². The molecule has 2 amide bonds. The Morgan fingerprint density at radius 1 is 1.16 bits per heavy atom. The fraction of sp³-hybridized carbons (Fsp3) is 0.0769. The largest absolute Gasteiger partial charge is 0.332 e. The number of pyridine rings is 1. The summed E-state index contributed by atoms with van der Waals surface area (Å²) in [6.07, 6.45) is 1.62. The summed E-state index contributed by atoms with van der Waals surface area (Å²) in [5, 5.41) is 4.95. The van der Waals surface area contributed by atoms with Crippen molar-refractivity contribution >= 4 is 11.7 Å². The first-order valence-corrected chi connectivity index (χ1v) is 5.55. The molecule has 98 valence electrons. The van der Waals surface area contributed by atoms with E-state index in [1.165, 1.54) is 6.07 Å². The lowest BCUT2D eigenvalue weighted by Crippen LogP contribution is -2.28. The topological polar surface area (TPSA) is 54.0 Å². The number of benzene rings is 1. The smallest absolute Gasteiger partial charge is 0.319 e. The van der Waals surface area contributed by atoms with Gasteiger partial charge in [-0.25, -0.2) is 13.6 Å². The predicted molar refractivity (Wildman–Crippen MR) is 66.5 cm³/mol. The second kappa shape index (κ2) is 5.90. The maximum absolute atomic E-state index is 12.9. The molecule has 6 heteroatoms. The number of hydrogen-bond acceptors (Lipinski definition) is 2. The molecule has 0 atom stereocenters. The van der Waals surface area contributed by atoms with Crippen LogP contribution in [0.4, 0.5) is 19.3 Å². The summed E-state index contributed by atoms with van der Waals surface area (Å²) in [6.45, 7) is 0.246. The summed E-state index contributed by atoms with van der Waals surface area (Å²) in [5.41, 5.74) is 0.875. The second-order valence-electron chi connectivity index (χ2n) is 3.76. The van der Waals surface area contributed by atoms with Crippen molar-refractivity contribution in [3.63, 3.8) is 0 Å². The molecule has 0 radical (unpaired) electrons. The van der Waals surface area contributed by atoms with Crippen LogP contribution in [0.2, 0.25) is 0 Å². The van der Waals surface area contributed by atoms with Crippen molar-refractivity contribution < 1.29 is 13.6 Å². The van der Waals surface area contributed by atoms with E-state index in [0.29, 0.717) is 5.69 Å². The maximum Gasteiger partial charge on any atom is 0.319 e. The van der Waals surface area contributed by atoms with Crippen LogP contribution in [0.3, 0.4) is 0 Å². The number of anilines is 1. The Morgan fingerprint density at radius 3 is 2.68 bits per heavy atom. The Morgan fingerprint density at radius 2 is 2.00 bits per heavy atom. The van der Waals surface area contributed by atoms with Crippen molar-refractivity contribution in [3.05, 3.63) is 59.9 Å². The molecule has 2 N–H and O–H groups in total. The quantitative estimate of drug-likeness (QED) is 0.894. The number of aromatic nitrogens is 1. The van der Waals surface area contributed by atoms with E-state index < -0.39 is 17.7 Å². The summed E-state index contributed by atoms with van der Waals surface area (Å²) in [4.78, 5) is 15.5. The van der Waals surface area contributed by atoms with Crippen molar-refractivity contribution in [2.24, 2.45) is 0 Å². The van der Waals surface area contributed by atoms with Gasteiger partial charge in [-0.3, -0.25) is 4.98 Å². The molecule has 4 nitrogen and oxygen atoms in total. The van der Waals surface area contributed by atoms with Gasteiger partial charge in [-0.1, -0.05) is 6.07 Å². The zero-order valence-corrected chi connectivity index (χ0v) is 9.86. The SMILES string of the molecule is O=C(NCc1ccccn1)Nc1ccc(F)c(F)c1. The van der Waals surface area contributed by atoms with Crippen LogP contribution in [0, 0.1) is 11.6 Å². The molecular weight excluding hydrogens is 252 g/mol. The lowest BCUT2D eigenvalue weighted by atomic mass is 10.3. The van der Waals surface area contributed by atoms with Crippen LogP contribution >= 0.6 is 0 Å². The summed E-state index contributed by atoms with van der Waals surface area (Å²) in [6, 6.07) is 7.95. The highest BCUT2D eigenvalue weighted by molar-refractivity contribution is 5.89. The summed E-state index contributed by atoms with van der Waals surface area (Å²) < 4.78 is 25.6. The third-order valence-electron chi connectivity index (χ3n) is 2.33. The number of rotatable bonds is 3. The van der Waals surface area contributed by atoms with Gasteiger partial charge in [0.25, 0.3) is 0 Å². The average molecular weight is 263 g/mol. The number of carbonyl (C=O) groups is 1. The van der Waals surface area contributed by atoms with Crippen molar-refractivity contribution in [1.82, 2.24) is 10.3 Å². The van der Waals surface area contributed by atoms with Gasteiger partial charge >= 0.3 is 6.03 Å². The summed E-state index contributed by atoms with van der Waals surface area (Å²) in [7, 11) is 0. The summed E-state index contributed by atoms with van der Waals surface area (Å²) >= 11 is 0. The molecule has 2 rings (SSSR count). The lowest BCUT2D eigenvalue weighted by molar-refractivity contribution is 0.251. The average Bonchev–Trinajstić information content (AvgIpc) is 2.42. The van der Waals surface area contributed by atoms with Gasteiger partial charge in [-0.15, -0.1) is 0 Å². The molecule has 0 bridgehead atoms. The number of halogens is 2. The van der Waals surface area contributed by atoms with Gasteiger partial charge in [0.15, 0.2) is 11.6 Å². The molecule has 0 aliphatic heterocycles. The van der Waals surface area contributed by atoms with Crippen molar-refractivity contribution in [2.45, 2.75) is 6.54 Å². The van der Waals surface area contributed by atoms with Crippen LogP contribution in [-0.2, 0) is 6.54 Å². The van der Waals surface area contributed by atoms with Crippen molar-refractivity contribution in [2.75, 3.05) is 5.32 Å². The van der Waals surface area contributed by atoms with Gasteiger partial charge in [0.05, 0.1) is 12.2 Å². The number of nitrogens with one attached hydrogen (secondary N) is 2. The Labute approximate surface area is 108 Å². The Bertz CT molecular complexity index is 575. The summed E-state index contributed by atoms with van der Waals surface area (Å²) in [5.74, 6) is -1.97. The molecule has 0 fully saturated rings. The number of carbonyl (C=O) groups excluding carboxylic acids is 1. The minimum atomic E-state index is -1.01. The maximum atomic E-state index is 12.9. The van der Waals surface area contributed by atoms with Gasteiger partial charge in [0.2, 0.25) is 0 Å². The lowest BCUT2D eigenvalue weighted by Gasteiger charge is -2.07. The van der Waals surface area contributed by atoms with Crippen LogP contribution in [-0.4, -0.2) is 11.0 Å². The Kier molecular flexibility index (Phi) is 4.02. The molecular formula is C13H11F2N3O. The highest BCUT2D eigenvalue weighted by Crippen LogP contribution is 2.12. The Balaban J connectivity index is 1.89. The van der Waals surface area contributed by atoms with Crippen molar-refractivity contribution in [3.8, 4) is 0 Å². The number of nitrogens with zero attached hydrogens (tertiary/aromatic N) is 1. The standard InChI is InChI=1S/C13H11F2N3O/c14-11-5-4-9(7-12(11)15)18-13(19)17-8-10-3-1-2-6-16-10/h1-7H,8H2,(H2,17,18,19). The minimum absolute atomic E-state index is 0.178. The fourth-order valence-corrected chi connectivity index (χ4v) is 1.42. The van der Waals surface area contributed by atoms with E-state index in [1.807, 2.05) is 0 Å². The van der Waals surface area contributed by atoms with Crippen LogP contribution < -0.4 is 10.6 Å². The molecule has 19 heavy (non-hydrogen) atoms. The number of hydrogen-bond donors (Lipinski definition) is 2. The first-order valence-electron chi connectivity index (χ1n) is 5.55. The van der Waals surface area contributed by atoms with Crippen molar-refractivity contribution in [1.29, 1.82) is 0 Å². The van der Waals surface area contributed by atoms with Gasteiger partial charge in [-0.05, 0) is 24.3 Å². The molecule has 0 aliphatic rings. The second-order valence-corrected chi connectivity index (χ2v) is 3.76. The highest BCUT2D eigenvalue weighted by atomic mass is 19.2. The molecule has 1 aromatic carbocycles. The highest BCUT2D eigenvalue weighted by Gasteiger charge is 2.05. The van der Waals surface area contributed by atoms with Crippen LogP contribution in [0.5, 0.6) is 0 Å². The molecule has 0 saturated carbocycles. The van der Waals surface area contributed by atoms with E-state index in [4.69, 9.17) is 0 Å². The fourth-order valence-electron chi connectivity index (χ4n) is 1.42. The van der Waals surface area contributed by atoms with Crippen LogP contribution in [0.25, 0.3) is 0 Å². The number of amides is 2. The van der Waals surface area contributed by atoms with E-state index in [0.717, 1.165) is 12.1 Å². The van der Waals surface area contributed by atoms with Gasteiger partial charge in [0, 0.05) is 18.0 Å². The zero-order chi connectivity index (χ0) is 13.7. The molecule has 0 aliphatic carbocycles. The molecule has 1 heterocycles. The van der Waals surface area contributed by atoms with E-state index in [1.54, 1.807) is 24.4 Å². The van der Waals surface area contributed by atoms with Gasteiger partial charge < -0.3 is 10.6 Å². The molecule has 0 saturated heterocycles. The van der Waals surface area contributed by atoms with E-state index in [9.17, 15) is 13.6 Å². The van der Waals surface area contributed by atoms with Gasteiger partial charge in [-0.2, -0.15) is 0 Å². The van der Waals surface area contributed by atoms with E-state index in [-0.39, 0.29) is 12.2 Å². The predicted octanol–water partition coefficient (Wildman–Crippen LogP) is 2.68. The van der Waals surface area contributed by atoms with Crippen LogP contribution in [0.1, 0.15) is 5.69 Å².